The Kier molecular flexibility index (Phi) is 10.3. The van der Waals surface area contributed by atoms with Crippen molar-refractivity contribution in [2.45, 2.75) is 40.5 Å². The zero-order valence-corrected chi connectivity index (χ0v) is 19.3. The fourth-order valence-corrected chi connectivity index (χ4v) is 3.38. The number of benzene rings is 2. The second-order valence-electron chi connectivity index (χ2n) is 7.09. The van der Waals surface area contributed by atoms with Gasteiger partial charge in [0.2, 0.25) is 0 Å². The van der Waals surface area contributed by atoms with Crippen molar-refractivity contribution in [2.24, 2.45) is 0 Å². The number of esters is 2. The molecule has 0 heterocycles. The summed E-state index contributed by atoms with van der Waals surface area (Å²) in [4.78, 5) is 21.6. The summed E-state index contributed by atoms with van der Waals surface area (Å²) in [6, 6.07) is 16.0. The van der Waals surface area contributed by atoms with Crippen LogP contribution in [0.5, 0.6) is 11.5 Å². The lowest BCUT2D eigenvalue weighted by Crippen LogP contribution is -2.09. The SMILES string of the molecule is CC/C(=C(/CC)c1ccc(OCCOC(C)=O)cc1)c1ccc(OCCOC(C)=O)cc1. The summed E-state index contributed by atoms with van der Waals surface area (Å²) >= 11 is 0. The highest BCUT2D eigenvalue weighted by molar-refractivity contribution is 5.90. The van der Waals surface area contributed by atoms with E-state index in [9.17, 15) is 9.59 Å². The van der Waals surface area contributed by atoms with Crippen LogP contribution in [0.1, 0.15) is 51.7 Å². The van der Waals surface area contributed by atoms with E-state index >= 15 is 0 Å². The zero-order valence-electron chi connectivity index (χ0n) is 19.3. The number of hydrogen-bond acceptors (Lipinski definition) is 6. The number of ether oxygens (including phenoxy) is 4. The van der Waals surface area contributed by atoms with Gasteiger partial charge in [0.05, 0.1) is 0 Å². The minimum Gasteiger partial charge on any atom is -0.490 e. The molecule has 6 heteroatoms. The number of hydrogen-bond donors (Lipinski definition) is 0. The van der Waals surface area contributed by atoms with Crippen molar-refractivity contribution in [3.8, 4) is 11.5 Å². The highest BCUT2D eigenvalue weighted by Gasteiger charge is 2.10. The molecule has 172 valence electrons. The standard InChI is InChI=1S/C26H32O6/c1-5-25(21-7-11-23(12-8-21)31-17-15-29-19(3)27)26(6-2)22-9-13-24(14-10-22)32-18-16-30-20(4)28/h7-14H,5-6,15-18H2,1-4H3/b26-25+. The summed E-state index contributed by atoms with van der Waals surface area (Å²) in [6.07, 6.45) is 1.80. The third-order valence-corrected chi connectivity index (χ3v) is 4.79. The van der Waals surface area contributed by atoms with Crippen LogP contribution in [0.3, 0.4) is 0 Å². The van der Waals surface area contributed by atoms with Gasteiger partial charge in [-0.3, -0.25) is 9.59 Å². The molecule has 0 fully saturated rings. The number of rotatable bonds is 12. The smallest absolute Gasteiger partial charge is 0.302 e. The van der Waals surface area contributed by atoms with E-state index in [0.717, 1.165) is 35.5 Å². The fourth-order valence-electron chi connectivity index (χ4n) is 3.38. The van der Waals surface area contributed by atoms with Gasteiger partial charge in [-0.25, -0.2) is 0 Å². The van der Waals surface area contributed by atoms with Crippen LogP contribution in [0.25, 0.3) is 11.1 Å². The van der Waals surface area contributed by atoms with Crippen LogP contribution in [-0.2, 0) is 19.1 Å². The van der Waals surface area contributed by atoms with Crippen LogP contribution in [0.2, 0.25) is 0 Å². The van der Waals surface area contributed by atoms with Crippen LogP contribution in [0.4, 0.5) is 0 Å². The quantitative estimate of drug-likeness (QED) is 0.253. The first kappa shape index (κ1) is 25.0. The van der Waals surface area contributed by atoms with Gasteiger partial charge in [0.25, 0.3) is 0 Å². The minimum atomic E-state index is -0.310. The number of carbonyl (C=O) groups is 2. The topological polar surface area (TPSA) is 71.1 Å². The van der Waals surface area contributed by atoms with Crippen molar-refractivity contribution in [1.82, 2.24) is 0 Å². The Bertz CT molecular complexity index is 821. The molecular weight excluding hydrogens is 408 g/mol. The molecule has 0 amide bonds. The van der Waals surface area contributed by atoms with Crippen molar-refractivity contribution in [2.75, 3.05) is 26.4 Å². The van der Waals surface area contributed by atoms with Crippen LogP contribution >= 0.6 is 0 Å². The maximum Gasteiger partial charge on any atom is 0.302 e. The van der Waals surface area contributed by atoms with Gasteiger partial charge in [-0.1, -0.05) is 38.1 Å². The summed E-state index contributed by atoms with van der Waals surface area (Å²) in [7, 11) is 0. The van der Waals surface area contributed by atoms with Crippen molar-refractivity contribution < 1.29 is 28.5 Å². The van der Waals surface area contributed by atoms with Crippen LogP contribution in [0.15, 0.2) is 48.5 Å². The lowest BCUT2D eigenvalue weighted by molar-refractivity contribution is -0.142. The Labute approximate surface area is 190 Å². The summed E-state index contributed by atoms with van der Waals surface area (Å²) in [5.41, 5.74) is 4.86. The first-order valence-electron chi connectivity index (χ1n) is 10.9. The molecule has 0 aromatic heterocycles. The average Bonchev–Trinajstić information content (AvgIpc) is 2.79. The van der Waals surface area contributed by atoms with E-state index in [-0.39, 0.29) is 25.2 Å². The van der Waals surface area contributed by atoms with E-state index in [1.54, 1.807) is 0 Å². The number of allylic oxidation sites excluding steroid dienone is 2. The molecule has 0 spiro atoms. The molecule has 0 saturated carbocycles. The largest absolute Gasteiger partial charge is 0.490 e. The van der Waals surface area contributed by atoms with E-state index < -0.39 is 0 Å². The lowest BCUT2D eigenvalue weighted by atomic mass is 9.91. The minimum absolute atomic E-state index is 0.237. The second kappa shape index (κ2) is 13.2. The van der Waals surface area contributed by atoms with Gasteiger partial charge in [0.1, 0.15) is 37.9 Å². The zero-order chi connectivity index (χ0) is 23.3. The van der Waals surface area contributed by atoms with E-state index in [4.69, 9.17) is 18.9 Å². The molecule has 0 N–H and O–H groups in total. The van der Waals surface area contributed by atoms with Crippen LogP contribution in [-0.4, -0.2) is 38.4 Å². The molecule has 2 aromatic carbocycles. The first-order chi connectivity index (χ1) is 15.4. The van der Waals surface area contributed by atoms with Crippen molar-refractivity contribution in [1.29, 1.82) is 0 Å². The maximum atomic E-state index is 10.8. The van der Waals surface area contributed by atoms with Crippen molar-refractivity contribution in [3.63, 3.8) is 0 Å². The van der Waals surface area contributed by atoms with Crippen molar-refractivity contribution >= 4 is 23.1 Å². The molecule has 32 heavy (non-hydrogen) atoms. The van der Waals surface area contributed by atoms with Gasteiger partial charge in [0.15, 0.2) is 0 Å². The highest BCUT2D eigenvalue weighted by atomic mass is 16.6. The second-order valence-corrected chi connectivity index (χ2v) is 7.09. The van der Waals surface area contributed by atoms with Gasteiger partial charge >= 0.3 is 11.9 Å². The first-order valence-corrected chi connectivity index (χ1v) is 10.9. The van der Waals surface area contributed by atoms with E-state index in [1.807, 2.05) is 24.3 Å². The van der Waals surface area contributed by atoms with Gasteiger partial charge in [0, 0.05) is 13.8 Å². The lowest BCUT2D eigenvalue weighted by Gasteiger charge is -2.15. The molecule has 0 saturated heterocycles. The fraction of sp³-hybridized carbons (Fsp3) is 0.385. The summed E-state index contributed by atoms with van der Waals surface area (Å²) in [5, 5.41) is 0. The molecule has 6 nitrogen and oxygen atoms in total. The van der Waals surface area contributed by atoms with E-state index in [1.165, 1.54) is 25.0 Å². The van der Waals surface area contributed by atoms with Crippen LogP contribution < -0.4 is 9.47 Å². The molecule has 0 aliphatic heterocycles. The summed E-state index contributed by atoms with van der Waals surface area (Å²) < 4.78 is 21.0. The molecule has 0 aliphatic carbocycles. The summed E-state index contributed by atoms with van der Waals surface area (Å²) in [5.74, 6) is 0.861. The Morgan fingerprint density at radius 1 is 0.594 bits per heavy atom. The Morgan fingerprint density at radius 3 is 1.22 bits per heavy atom. The molecule has 2 aromatic rings. The monoisotopic (exact) mass is 440 g/mol. The molecule has 0 bridgehead atoms. The van der Waals surface area contributed by atoms with Gasteiger partial charge < -0.3 is 18.9 Å². The Balaban J connectivity index is 2.08. The molecule has 0 radical (unpaired) electrons. The highest BCUT2D eigenvalue weighted by Crippen LogP contribution is 2.32. The van der Waals surface area contributed by atoms with E-state index in [2.05, 4.69) is 38.1 Å². The van der Waals surface area contributed by atoms with E-state index in [0.29, 0.717) is 13.2 Å². The number of carbonyl (C=O) groups excluding carboxylic acids is 2. The molecule has 0 atom stereocenters. The summed E-state index contributed by atoms with van der Waals surface area (Å²) in [6.45, 7) is 8.19. The molecule has 0 unspecified atom stereocenters. The predicted octanol–water partition coefficient (Wildman–Crippen LogP) is 5.30. The Morgan fingerprint density at radius 2 is 0.938 bits per heavy atom. The maximum absolute atomic E-state index is 10.8. The van der Waals surface area contributed by atoms with Crippen LogP contribution in [0, 0.1) is 0 Å². The normalized spacial score (nSPS) is 11.4. The predicted molar refractivity (Wildman–Crippen MR) is 125 cm³/mol. The molecule has 2 rings (SSSR count). The molecule has 0 aliphatic rings. The van der Waals surface area contributed by atoms with Crippen molar-refractivity contribution in [3.05, 3.63) is 59.7 Å². The third-order valence-electron chi connectivity index (χ3n) is 4.79. The van der Waals surface area contributed by atoms with Gasteiger partial charge in [-0.15, -0.1) is 0 Å². The third kappa shape index (κ3) is 8.10. The van der Waals surface area contributed by atoms with Gasteiger partial charge in [-0.05, 0) is 59.4 Å². The Hall–Kier alpha value is -3.28. The molecular formula is C26H32O6. The van der Waals surface area contributed by atoms with Gasteiger partial charge in [-0.2, -0.15) is 0 Å². The average molecular weight is 441 g/mol.